The molecule has 92 valence electrons. The minimum absolute atomic E-state index is 0.141. The number of rotatable bonds is 4. The van der Waals surface area contributed by atoms with Crippen LogP contribution in [0, 0.1) is 13.8 Å². The van der Waals surface area contributed by atoms with Crippen LogP contribution in [-0.2, 0) is 13.5 Å². The van der Waals surface area contributed by atoms with Crippen LogP contribution in [0.4, 0.5) is 0 Å². The summed E-state index contributed by atoms with van der Waals surface area (Å²) in [7, 11) is 1.97. The Hall–Kier alpha value is -1.13. The molecule has 0 amide bonds. The summed E-state index contributed by atoms with van der Waals surface area (Å²) in [5, 5.41) is 4.16. The van der Waals surface area contributed by atoms with Crippen LogP contribution >= 0.6 is 11.3 Å². The van der Waals surface area contributed by atoms with E-state index >= 15 is 0 Å². The van der Waals surface area contributed by atoms with E-state index in [1.54, 1.807) is 0 Å². The molecule has 1 atom stereocenters. The van der Waals surface area contributed by atoms with Crippen molar-refractivity contribution in [1.29, 1.82) is 0 Å². The van der Waals surface area contributed by atoms with Crippen molar-refractivity contribution in [3.05, 3.63) is 39.3 Å². The Labute approximate surface area is 106 Å². The van der Waals surface area contributed by atoms with Crippen LogP contribution in [0.25, 0.3) is 0 Å². The average Bonchev–Trinajstić information content (AvgIpc) is 2.83. The van der Waals surface area contributed by atoms with Crippen LogP contribution in [0.2, 0.25) is 0 Å². The second-order valence-electron chi connectivity index (χ2n) is 4.48. The molecule has 2 rings (SSSR count). The van der Waals surface area contributed by atoms with Gasteiger partial charge in [-0.1, -0.05) is 0 Å². The van der Waals surface area contributed by atoms with E-state index in [2.05, 4.69) is 31.1 Å². The van der Waals surface area contributed by atoms with Crippen molar-refractivity contribution in [2.24, 2.45) is 12.8 Å². The monoisotopic (exact) mass is 249 g/mol. The standard InChI is InChI=1S/C13H19N3S/c1-9-8-13(17-10(9)2)12(14)5-4-11-6-7-15-16(11)3/h6-8,12H,4-5,14H2,1-3H3. The van der Waals surface area contributed by atoms with Crippen LogP contribution in [0.3, 0.4) is 0 Å². The van der Waals surface area contributed by atoms with Gasteiger partial charge < -0.3 is 5.73 Å². The fourth-order valence-electron chi connectivity index (χ4n) is 1.88. The Morgan fingerprint density at radius 2 is 2.24 bits per heavy atom. The maximum atomic E-state index is 6.22. The van der Waals surface area contributed by atoms with Crippen LogP contribution in [-0.4, -0.2) is 9.78 Å². The van der Waals surface area contributed by atoms with E-state index in [9.17, 15) is 0 Å². The highest BCUT2D eigenvalue weighted by molar-refractivity contribution is 7.12. The third kappa shape index (κ3) is 2.76. The van der Waals surface area contributed by atoms with Gasteiger partial charge in [0.05, 0.1) is 0 Å². The van der Waals surface area contributed by atoms with Crippen molar-refractivity contribution in [2.75, 3.05) is 0 Å². The number of hydrogen-bond donors (Lipinski definition) is 1. The molecule has 0 aliphatic rings. The first-order chi connectivity index (χ1) is 8.08. The zero-order valence-electron chi connectivity index (χ0n) is 10.6. The zero-order chi connectivity index (χ0) is 12.4. The second-order valence-corrected chi connectivity index (χ2v) is 5.77. The van der Waals surface area contributed by atoms with Crippen molar-refractivity contribution in [2.45, 2.75) is 32.7 Å². The van der Waals surface area contributed by atoms with Gasteiger partial charge in [0.2, 0.25) is 0 Å². The molecular formula is C13H19N3S. The van der Waals surface area contributed by atoms with E-state index < -0.39 is 0 Å². The fourth-order valence-corrected chi connectivity index (χ4v) is 2.96. The number of hydrogen-bond acceptors (Lipinski definition) is 3. The van der Waals surface area contributed by atoms with Crippen LogP contribution in [0.5, 0.6) is 0 Å². The van der Waals surface area contributed by atoms with Crippen LogP contribution in [0.1, 0.15) is 33.5 Å². The van der Waals surface area contributed by atoms with E-state index in [1.165, 1.54) is 21.0 Å². The lowest BCUT2D eigenvalue weighted by molar-refractivity contribution is 0.620. The molecule has 3 nitrogen and oxygen atoms in total. The molecule has 4 heteroatoms. The second kappa shape index (κ2) is 5.02. The molecule has 2 aromatic rings. The summed E-state index contributed by atoms with van der Waals surface area (Å²) >= 11 is 1.82. The van der Waals surface area contributed by atoms with Gasteiger partial charge in [0.25, 0.3) is 0 Å². The van der Waals surface area contributed by atoms with E-state index in [0.29, 0.717) is 0 Å². The Balaban J connectivity index is 1.98. The Morgan fingerprint density at radius 3 is 2.76 bits per heavy atom. The van der Waals surface area contributed by atoms with E-state index in [1.807, 2.05) is 29.3 Å². The van der Waals surface area contributed by atoms with Gasteiger partial charge in [-0.15, -0.1) is 11.3 Å². The van der Waals surface area contributed by atoms with E-state index in [-0.39, 0.29) is 6.04 Å². The Morgan fingerprint density at radius 1 is 1.47 bits per heavy atom. The molecule has 0 saturated heterocycles. The molecule has 0 aliphatic carbocycles. The van der Waals surface area contributed by atoms with Gasteiger partial charge in [0.1, 0.15) is 0 Å². The maximum Gasteiger partial charge on any atom is 0.0492 e. The smallest absolute Gasteiger partial charge is 0.0492 e. The van der Waals surface area contributed by atoms with Gasteiger partial charge >= 0.3 is 0 Å². The van der Waals surface area contributed by atoms with Gasteiger partial charge in [-0.05, 0) is 44.4 Å². The first-order valence-corrected chi connectivity index (χ1v) is 6.69. The minimum Gasteiger partial charge on any atom is -0.323 e. The molecule has 0 fully saturated rings. The van der Waals surface area contributed by atoms with Gasteiger partial charge in [-0.3, -0.25) is 4.68 Å². The quantitative estimate of drug-likeness (QED) is 0.905. The maximum absolute atomic E-state index is 6.22. The number of nitrogens with zero attached hydrogens (tertiary/aromatic N) is 2. The van der Waals surface area contributed by atoms with Gasteiger partial charge in [0.15, 0.2) is 0 Å². The summed E-state index contributed by atoms with van der Waals surface area (Å²) in [6.07, 6.45) is 3.78. The molecule has 0 radical (unpaired) electrons. The summed E-state index contributed by atoms with van der Waals surface area (Å²) in [5.41, 5.74) is 8.81. The first-order valence-electron chi connectivity index (χ1n) is 5.87. The summed E-state index contributed by atoms with van der Waals surface area (Å²) in [6, 6.07) is 4.41. The molecule has 2 aromatic heterocycles. The summed E-state index contributed by atoms with van der Waals surface area (Å²) in [5.74, 6) is 0. The molecule has 0 saturated carbocycles. The molecule has 0 spiro atoms. The Kier molecular flexibility index (Phi) is 3.64. The van der Waals surface area contributed by atoms with E-state index in [4.69, 9.17) is 5.73 Å². The summed E-state index contributed by atoms with van der Waals surface area (Å²) in [4.78, 5) is 2.66. The topological polar surface area (TPSA) is 43.8 Å². The lowest BCUT2D eigenvalue weighted by atomic mass is 10.1. The molecule has 1 unspecified atom stereocenters. The Bertz CT molecular complexity index is 479. The molecule has 2 N–H and O–H groups in total. The highest BCUT2D eigenvalue weighted by Crippen LogP contribution is 2.27. The molecule has 0 aromatic carbocycles. The van der Waals surface area contributed by atoms with Crippen molar-refractivity contribution >= 4 is 11.3 Å². The van der Waals surface area contributed by atoms with Gasteiger partial charge in [0, 0.05) is 34.7 Å². The molecular weight excluding hydrogens is 230 g/mol. The lowest BCUT2D eigenvalue weighted by Gasteiger charge is -2.09. The third-order valence-electron chi connectivity index (χ3n) is 3.18. The minimum atomic E-state index is 0.141. The predicted octanol–water partition coefficient (Wildman–Crippen LogP) is 2.73. The van der Waals surface area contributed by atoms with Crippen LogP contribution in [0.15, 0.2) is 18.3 Å². The average molecular weight is 249 g/mol. The first kappa shape index (κ1) is 12.3. The largest absolute Gasteiger partial charge is 0.323 e. The fraction of sp³-hybridized carbons (Fsp3) is 0.462. The lowest BCUT2D eigenvalue weighted by Crippen LogP contribution is -2.11. The number of aromatic nitrogens is 2. The summed E-state index contributed by atoms with van der Waals surface area (Å²) < 4.78 is 1.91. The third-order valence-corrected chi connectivity index (χ3v) is 4.47. The zero-order valence-corrected chi connectivity index (χ0v) is 11.4. The molecule has 0 aliphatic heterocycles. The van der Waals surface area contributed by atoms with Crippen LogP contribution < -0.4 is 5.73 Å². The molecule has 17 heavy (non-hydrogen) atoms. The van der Waals surface area contributed by atoms with Gasteiger partial charge in [-0.2, -0.15) is 5.10 Å². The number of thiophene rings is 1. The summed E-state index contributed by atoms with van der Waals surface area (Å²) in [6.45, 7) is 4.29. The van der Waals surface area contributed by atoms with Crippen molar-refractivity contribution in [3.63, 3.8) is 0 Å². The predicted molar refractivity (Wildman–Crippen MR) is 72.3 cm³/mol. The number of nitrogens with two attached hydrogens (primary N) is 1. The SMILES string of the molecule is Cc1cc(C(N)CCc2ccnn2C)sc1C. The van der Waals surface area contributed by atoms with E-state index in [0.717, 1.165) is 12.8 Å². The number of aryl methyl sites for hydroxylation is 4. The highest BCUT2D eigenvalue weighted by atomic mass is 32.1. The van der Waals surface area contributed by atoms with Crippen molar-refractivity contribution in [1.82, 2.24) is 9.78 Å². The molecule has 0 bridgehead atoms. The van der Waals surface area contributed by atoms with Crippen molar-refractivity contribution in [3.8, 4) is 0 Å². The highest BCUT2D eigenvalue weighted by Gasteiger charge is 2.11. The van der Waals surface area contributed by atoms with Crippen molar-refractivity contribution < 1.29 is 0 Å². The normalized spacial score (nSPS) is 12.9. The molecule has 2 heterocycles. The van der Waals surface area contributed by atoms with Gasteiger partial charge in [-0.25, -0.2) is 0 Å².